The number of non-ortho nitro benzene ring substituents is 1. The van der Waals surface area contributed by atoms with Crippen LogP contribution in [0.3, 0.4) is 0 Å². The largest absolute Gasteiger partial charge is 0.425 e. The fourth-order valence-electron chi connectivity index (χ4n) is 2.08. The lowest BCUT2D eigenvalue weighted by atomic mass is 10.1. The lowest BCUT2D eigenvalue weighted by molar-refractivity contribution is -0.384. The number of carbonyl (C=O) groups is 2. The predicted molar refractivity (Wildman–Crippen MR) is 101 cm³/mol. The maximum Gasteiger partial charge on any atom is 0.328 e. The second-order valence-electron chi connectivity index (χ2n) is 6.09. The van der Waals surface area contributed by atoms with E-state index in [9.17, 15) is 19.7 Å². The van der Waals surface area contributed by atoms with E-state index in [0.717, 1.165) is 0 Å². The zero-order valence-corrected chi connectivity index (χ0v) is 15.4. The van der Waals surface area contributed by atoms with Crippen LogP contribution >= 0.6 is 11.6 Å². The third-order valence-corrected chi connectivity index (χ3v) is 3.96. The van der Waals surface area contributed by atoms with Crippen LogP contribution in [0.2, 0.25) is 5.02 Å². The molecule has 0 aliphatic heterocycles. The molecule has 2 rings (SSSR count). The first-order chi connectivity index (χ1) is 12.7. The third-order valence-electron chi connectivity index (χ3n) is 3.72. The summed E-state index contributed by atoms with van der Waals surface area (Å²) in [6, 6.07) is 8.69. The van der Waals surface area contributed by atoms with E-state index in [0.29, 0.717) is 5.69 Å². The molecule has 0 saturated carbocycles. The van der Waals surface area contributed by atoms with Crippen LogP contribution in [-0.2, 0) is 4.79 Å². The maximum atomic E-state index is 12.6. The molecule has 0 aliphatic rings. The number of benzene rings is 2. The number of hydrogen-bond acceptors (Lipinski definition) is 6. The Kier molecular flexibility index (Phi) is 6.49. The van der Waals surface area contributed by atoms with Crippen LogP contribution in [0.25, 0.3) is 0 Å². The van der Waals surface area contributed by atoms with E-state index in [4.69, 9.17) is 22.1 Å². The summed E-state index contributed by atoms with van der Waals surface area (Å²) < 4.78 is 5.26. The number of hydrogen-bond donors (Lipinski definition) is 2. The van der Waals surface area contributed by atoms with Gasteiger partial charge in [-0.3, -0.25) is 14.9 Å². The van der Waals surface area contributed by atoms with Gasteiger partial charge < -0.3 is 15.8 Å². The Bertz CT molecular complexity index is 868. The number of nitrogens with one attached hydrogen (secondary N) is 1. The minimum Gasteiger partial charge on any atom is -0.425 e. The summed E-state index contributed by atoms with van der Waals surface area (Å²) in [5, 5.41) is 13.5. The summed E-state index contributed by atoms with van der Waals surface area (Å²) in [5.74, 6) is -1.38. The lowest BCUT2D eigenvalue weighted by Gasteiger charge is -2.16. The normalized spacial score (nSPS) is 11.7. The Labute approximate surface area is 160 Å². The molecule has 2 aromatic rings. The first-order valence-corrected chi connectivity index (χ1v) is 8.39. The van der Waals surface area contributed by atoms with Gasteiger partial charge in [-0.15, -0.1) is 0 Å². The average molecular weight is 392 g/mol. The number of carbonyl (C=O) groups excluding carboxylic acids is 2. The zero-order chi connectivity index (χ0) is 20.1. The monoisotopic (exact) mass is 391 g/mol. The van der Waals surface area contributed by atoms with Crippen molar-refractivity contribution in [2.24, 2.45) is 11.7 Å². The van der Waals surface area contributed by atoms with Crippen LogP contribution in [0.4, 0.5) is 11.4 Å². The number of nitro groups is 1. The molecule has 0 aliphatic carbocycles. The van der Waals surface area contributed by atoms with Crippen LogP contribution in [0, 0.1) is 16.0 Å². The Morgan fingerprint density at radius 2 is 1.81 bits per heavy atom. The zero-order valence-electron chi connectivity index (χ0n) is 14.6. The van der Waals surface area contributed by atoms with Gasteiger partial charge in [-0.1, -0.05) is 25.4 Å². The highest BCUT2D eigenvalue weighted by Gasteiger charge is 2.22. The summed E-state index contributed by atoms with van der Waals surface area (Å²) in [6.45, 7) is 3.55. The smallest absolute Gasteiger partial charge is 0.328 e. The Morgan fingerprint density at radius 1 is 1.19 bits per heavy atom. The molecule has 1 atom stereocenters. The first-order valence-electron chi connectivity index (χ1n) is 8.01. The SMILES string of the molecule is CC(C)[C@H](N)C(=O)Oc1ccc(Cl)cc1C(=O)Nc1ccc([N+](=O)[O-])cc1. The molecule has 142 valence electrons. The number of nitrogens with two attached hydrogens (primary N) is 1. The van der Waals surface area contributed by atoms with Crippen molar-refractivity contribution in [2.75, 3.05) is 5.32 Å². The van der Waals surface area contributed by atoms with Crippen LogP contribution in [0.1, 0.15) is 24.2 Å². The van der Waals surface area contributed by atoms with E-state index < -0.39 is 22.8 Å². The number of ether oxygens (including phenoxy) is 1. The molecule has 3 N–H and O–H groups in total. The Balaban J connectivity index is 2.23. The van der Waals surface area contributed by atoms with E-state index in [1.807, 2.05) is 0 Å². The van der Waals surface area contributed by atoms with Crippen LogP contribution < -0.4 is 15.8 Å². The van der Waals surface area contributed by atoms with Gasteiger partial charge in [-0.05, 0) is 36.2 Å². The number of nitro benzene ring substituents is 1. The molecule has 8 nitrogen and oxygen atoms in total. The standard InChI is InChI=1S/C18H18ClN3O5/c1-10(2)16(20)18(24)27-15-8-3-11(19)9-14(15)17(23)21-12-4-6-13(7-5-12)22(25)26/h3-10,16H,20H2,1-2H3,(H,21,23)/t16-/m0/s1. The van der Waals surface area contributed by atoms with Gasteiger partial charge in [0.2, 0.25) is 0 Å². The Morgan fingerprint density at radius 3 is 2.37 bits per heavy atom. The van der Waals surface area contributed by atoms with Crippen LogP contribution in [0.5, 0.6) is 5.75 Å². The van der Waals surface area contributed by atoms with Crippen LogP contribution in [-0.4, -0.2) is 22.8 Å². The minimum atomic E-state index is -0.841. The van der Waals surface area contributed by atoms with Crippen molar-refractivity contribution >= 4 is 34.9 Å². The van der Waals surface area contributed by atoms with Gasteiger partial charge in [0.05, 0.1) is 10.5 Å². The first kappa shape index (κ1) is 20.3. The molecule has 0 radical (unpaired) electrons. The maximum absolute atomic E-state index is 12.6. The third kappa shape index (κ3) is 5.25. The summed E-state index contributed by atoms with van der Waals surface area (Å²) >= 11 is 5.95. The van der Waals surface area contributed by atoms with E-state index >= 15 is 0 Å². The number of nitrogens with zero attached hydrogens (tertiary/aromatic N) is 1. The highest BCUT2D eigenvalue weighted by atomic mass is 35.5. The summed E-state index contributed by atoms with van der Waals surface area (Å²) in [5.41, 5.74) is 6.03. The number of rotatable bonds is 6. The van der Waals surface area contributed by atoms with Gasteiger partial charge >= 0.3 is 5.97 Å². The highest BCUT2D eigenvalue weighted by Crippen LogP contribution is 2.25. The van der Waals surface area contributed by atoms with Crippen molar-refractivity contribution < 1.29 is 19.2 Å². The highest BCUT2D eigenvalue weighted by molar-refractivity contribution is 6.31. The number of halogens is 1. The predicted octanol–water partition coefficient (Wildman–Crippen LogP) is 3.39. The van der Waals surface area contributed by atoms with Gasteiger partial charge in [0.15, 0.2) is 0 Å². The summed E-state index contributed by atoms with van der Waals surface area (Å²) in [4.78, 5) is 34.8. The molecule has 0 bridgehead atoms. The fraction of sp³-hybridized carbons (Fsp3) is 0.222. The van der Waals surface area contributed by atoms with Crippen molar-refractivity contribution in [3.63, 3.8) is 0 Å². The average Bonchev–Trinajstić information content (AvgIpc) is 2.62. The molecule has 27 heavy (non-hydrogen) atoms. The summed E-state index contributed by atoms with van der Waals surface area (Å²) in [7, 11) is 0. The van der Waals surface area contributed by atoms with Crippen LogP contribution in [0.15, 0.2) is 42.5 Å². The molecule has 0 aromatic heterocycles. The van der Waals surface area contributed by atoms with Crippen molar-refractivity contribution in [3.8, 4) is 5.75 Å². The van der Waals surface area contributed by atoms with Gasteiger partial charge in [-0.2, -0.15) is 0 Å². The van der Waals surface area contributed by atoms with Gasteiger partial charge in [-0.25, -0.2) is 4.79 Å². The van der Waals surface area contributed by atoms with Crippen molar-refractivity contribution in [1.82, 2.24) is 0 Å². The molecular formula is C18H18ClN3O5. The summed E-state index contributed by atoms with van der Waals surface area (Å²) in [6.07, 6.45) is 0. The molecule has 0 unspecified atom stereocenters. The Hall–Kier alpha value is -2.97. The fourth-order valence-corrected chi connectivity index (χ4v) is 2.25. The molecule has 0 saturated heterocycles. The van der Waals surface area contributed by atoms with Crippen molar-refractivity contribution in [3.05, 3.63) is 63.2 Å². The second kappa shape index (κ2) is 8.61. The van der Waals surface area contributed by atoms with E-state index in [1.165, 1.54) is 42.5 Å². The second-order valence-corrected chi connectivity index (χ2v) is 6.53. The molecule has 0 spiro atoms. The number of amides is 1. The topological polar surface area (TPSA) is 125 Å². The van der Waals surface area contributed by atoms with E-state index in [2.05, 4.69) is 5.32 Å². The van der Waals surface area contributed by atoms with E-state index in [1.54, 1.807) is 13.8 Å². The van der Waals surface area contributed by atoms with Gasteiger partial charge in [0.25, 0.3) is 11.6 Å². The van der Waals surface area contributed by atoms with Gasteiger partial charge in [0.1, 0.15) is 11.8 Å². The quantitative estimate of drug-likeness (QED) is 0.336. The molecular weight excluding hydrogens is 374 g/mol. The molecule has 1 amide bonds. The molecule has 0 fully saturated rings. The molecule has 9 heteroatoms. The molecule has 2 aromatic carbocycles. The van der Waals surface area contributed by atoms with Crippen molar-refractivity contribution in [1.29, 1.82) is 0 Å². The molecule has 0 heterocycles. The number of esters is 1. The van der Waals surface area contributed by atoms with E-state index in [-0.39, 0.29) is 27.9 Å². The van der Waals surface area contributed by atoms with Crippen molar-refractivity contribution in [2.45, 2.75) is 19.9 Å². The lowest BCUT2D eigenvalue weighted by Crippen LogP contribution is -2.38. The number of anilines is 1. The van der Waals surface area contributed by atoms with Gasteiger partial charge in [0, 0.05) is 22.8 Å². The minimum absolute atomic E-state index is 0.0138.